The lowest BCUT2D eigenvalue weighted by Gasteiger charge is -2.13. The summed E-state index contributed by atoms with van der Waals surface area (Å²) in [5, 5.41) is 13.5. The maximum absolute atomic E-state index is 13.7. The number of anilines is 1. The Morgan fingerprint density at radius 1 is 1.17 bits per heavy atom. The van der Waals surface area contributed by atoms with E-state index in [0.717, 1.165) is 12.1 Å². The molecule has 10 heteroatoms. The lowest BCUT2D eigenvalue weighted by molar-refractivity contribution is -0.384. The van der Waals surface area contributed by atoms with Gasteiger partial charge in [-0.1, -0.05) is 6.07 Å². The molecule has 1 N–H and O–H groups in total. The van der Waals surface area contributed by atoms with Gasteiger partial charge in [0.2, 0.25) is 0 Å². The first-order valence-electron chi connectivity index (χ1n) is 8.60. The van der Waals surface area contributed by atoms with Crippen molar-refractivity contribution in [1.29, 1.82) is 0 Å². The van der Waals surface area contributed by atoms with Crippen molar-refractivity contribution >= 4 is 29.3 Å². The third-order valence-corrected chi connectivity index (χ3v) is 3.91. The Labute approximate surface area is 171 Å². The van der Waals surface area contributed by atoms with Crippen molar-refractivity contribution in [2.45, 2.75) is 13.0 Å². The first-order valence-corrected chi connectivity index (χ1v) is 8.60. The summed E-state index contributed by atoms with van der Waals surface area (Å²) in [7, 11) is 2.69. The molecule has 0 spiro atoms. The maximum Gasteiger partial charge on any atom is 0.331 e. The summed E-state index contributed by atoms with van der Waals surface area (Å²) in [6.45, 7) is 1.31. The molecule has 0 saturated carbocycles. The zero-order valence-electron chi connectivity index (χ0n) is 16.4. The van der Waals surface area contributed by atoms with Crippen LogP contribution in [0.2, 0.25) is 0 Å². The van der Waals surface area contributed by atoms with E-state index in [1.54, 1.807) is 0 Å². The van der Waals surface area contributed by atoms with E-state index in [2.05, 4.69) is 5.32 Å². The summed E-state index contributed by atoms with van der Waals surface area (Å²) in [5.41, 5.74) is -0.0585. The second-order valence-corrected chi connectivity index (χ2v) is 5.94. The number of rotatable bonds is 8. The molecule has 0 radical (unpaired) electrons. The van der Waals surface area contributed by atoms with Gasteiger partial charge in [0.1, 0.15) is 11.4 Å². The summed E-state index contributed by atoms with van der Waals surface area (Å²) in [6, 6.07) is 8.00. The fraction of sp³-hybridized carbons (Fsp3) is 0.200. The highest BCUT2D eigenvalue weighted by atomic mass is 19.1. The van der Waals surface area contributed by atoms with Gasteiger partial charge < -0.3 is 19.5 Å². The van der Waals surface area contributed by atoms with Gasteiger partial charge in [-0.3, -0.25) is 14.9 Å². The molecule has 0 aliphatic carbocycles. The van der Waals surface area contributed by atoms with E-state index in [1.807, 2.05) is 0 Å². The fourth-order valence-corrected chi connectivity index (χ4v) is 2.35. The Morgan fingerprint density at radius 2 is 1.90 bits per heavy atom. The first kappa shape index (κ1) is 22.3. The van der Waals surface area contributed by atoms with Crippen molar-refractivity contribution in [3.63, 3.8) is 0 Å². The molecule has 30 heavy (non-hydrogen) atoms. The predicted octanol–water partition coefficient (Wildman–Crippen LogP) is 3.33. The summed E-state index contributed by atoms with van der Waals surface area (Å²) >= 11 is 0. The lowest BCUT2D eigenvalue weighted by Crippen LogP contribution is -2.29. The van der Waals surface area contributed by atoms with Gasteiger partial charge >= 0.3 is 5.97 Å². The van der Waals surface area contributed by atoms with Gasteiger partial charge in [-0.25, -0.2) is 9.18 Å². The van der Waals surface area contributed by atoms with Crippen molar-refractivity contribution in [2.75, 3.05) is 19.5 Å². The summed E-state index contributed by atoms with van der Waals surface area (Å²) in [5.74, 6) is -1.90. The third kappa shape index (κ3) is 5.77. The SMILES string of the molecule is COc1ccc(NC(=O)[C@H](C)OC(=O)/C=C/c2ccc(OC)c(F)c2)c([N+](=O)[O-])c1. The van der Waals surface area contributed by atoms with E-state index >= 15 is 0 Å². The Morgan fingerprint density at radius 3 is 2.50 bits per heavy atom. The number of esters is 1. The first-order chi connectivity index (χ1) is 14.2. The lowest BCUT2D eigenvalue weighted by atomic mass is 10.2. The number of methoxy groups -OCH3 is 2. The number of amides is 1. The van der Waals surface area contributed by atoms with Crippen molar-refractivity contribution in [3.05, 3.63) is 64.0 Å². The normalized spacial score (nSPS) is 11.6. The Hall–Kier alpha value is -3.95. The van der Waals surface area contributed by atoms with Crippen molar-refractivity contribution < 1.29 is 33.1 Å². The van der Waals surface area contributed by atoms with E-state index in [4.69, 9.17) is 14.2 Å². The van der Waals surface area contributed by atoms with Crippen LogP contribution in [0.5, 0.6) is 11.5 Å². The van der Waals surface area contributed by atoms with Crippen LogP contribution in [0.25, 0.3) is 6.08 Å². The highest BCUT2D eigenvalue weighted by Gasteiger charge is 2.22. The predicted molar refractivity (Wildman–Crippen MR) is 106 cm³/mol. The number of carbonyl (C=O) groups is 2. The second-order valence-electron chi connectivity index (χ2n) is 5.94. The minimum Gasteiger partial charge on any atom is -0.496 e. The van der Waals surface area contributed by atoms with Crippen LogP contribution in [0.3, 0.4) is 0 Å². The molecule has 2 rings (SSSR count). The van der Waals surface area contributed by atoms with Crippen LogP contribution in [0.4, 0.5) is 15.8 Å². The average Bonchev–Trinajstić information content (AvgIpc) is 2.72. The largest absolute Gasteiger partial charge is 0.496 e. The van der Waals surface area contributed by atoms with Crippen molar-refractivity contribution in [2.24, 2.45) is 0 Å². The maximum atomic E-state index is 13.7. The Balaban J connectivity index is 2.01. The summed E-state index contributed by atoms with van der Waals surface area (Å²) in [4.78, 5) is 34.7. The Bertz CT molecular complexity index is 991. The molecule has 1 amide bonds. The topological polar surface area (TPSA) is 117 Å². The summed E-state index contributed by atoms with van der Waals surface area (Å²) < 4.78 is 28.4. The van der Waals surface area contributed by atoms with Gasteiger partial charge in [0, 0.05) is 6.08 Å². The van der Waals surface area contributed by atoms with Crippen LogP contribution >= 0.6 is 0 Å². The van der Waals surface area contributed by atoms with Gasteiger partial charge in [0.15, 0.2) is 17.7 Å². The van der Waals surface area contributed by atoms with Gasteiger partial charge in [0.25, 0.3) is 11.6 Å². The molecule has 0 fully saturated rings. The quantitative estimate of drug-likeness (QED) is 0.302. The van der Waals surface area contributed by atoms with Gasteiger partial charge in [0.05, 0.1) is 25.2 Å². The average molecular weight is 418 g/mol. The van der Waals surface area contributed by atoms with E-state index in [9.17, 15) is 24.1 Å². The van der Waals surface area contributed by atoms with Crippen LogP contribution in [0.1, 0.15) is 12.5 Å². The third-order valence-electron chi connectivity index (χ3n) is 3.91. The molecule has 0 aliphatic heterocycles. The summed E-state index contributed by atoms with van der Waals surface area (Å²) in [6.07, 6.45) is 1.10. The minimum absolute atomic E-state index is 0.0626. The van der Waals surface area contributed by atoms with Gasteiger partial charge in [-0.2, -0.15) is 0 Å². The number of hydrogen-bond donors (Lipinski definition) is 1. The number of ether oxygens (including phenoxy) is 3. The van der Waals surface area contributed by atoms with Gasteiger partial charge in [-0.05, 0) is 42.8 Å². The van der Waals surface area contributed by atoms with Crippen LogP contribution < -0.4 is 14.8 Å². The standard InChI is InChI=1S/C20H19FN2O7/c1-12(20(25)22-16-7-6-14(28-2)11-17(16)23(26)27)30-19(24)9-5-13-4-8-18(29-3)15(21)10-13/h4-12H,1-3H3,(H,22,25)/b9-5+/t12-/m0/s1. The van der Waals surface area contributed by atoms with Crippen molar-refractivity contribution in [1.82, 2.24) is 0 Å². The Kier molecular flexibility index (Phi) is 7.45. The molecular formula is C20H19FN2O7. The number of nitrogens with zero attached hydrogens (tertiary/aromatic N) is 1. The molecule has 9 nitrogen and oxygen atoms in total. The van der Waals surface area contributed by atoms with E-state index in [0.29, 0.717) is 5.56 Å². The van der Waals surface area contributed by atoms with Crippen LogP contribution in [-0.2, 0) is 14.3 Å². The highest BCUT2D eigenvalue weighted by Crippen LogP contribution is 2.29. The number of benzene rings is 2. The molecule has 0 unspecified atom stereocenters. The smallest absolute Gasteiger partial charge is 0.331 e. The zero-order valence-corrected chi connectivity index (χ0v) is 16.4. The number of nitrogens with one attached hydrogen (secondary N) is 1. The number of nitro groups is 1. The molecule has 2 aromatic carbocycles. The second kappa shape index (κ2) is 10.0. The molecule has 0 aliphatic rings. The van der Waals surface area contributed by atoms with Crippen LogP contribution in [0.15, 0.2) is 42.5 Å². The van der Waals surface area contributed by atoms with Crippen LogP contribution in [-0.4, -0.2) is 37.1 Å². The molecule has 0 saturated heterocycles. The molecule has 0 heterocycles. The number of nitro benzene ring substituents is 1. The molecule has 0 bridgehead atoms. The molecular weight excluding hydrogens is 399 g/mol. The van der Waals surface area contributed by atoms with Gasteiger partial charge in [-0.15, -0.1) is 0 Å². The number of halogens is 1. The molecule has 1 atom stereocenters. The highest BCUT2D eigenvalue weighted by molar-refractivity contribution is 5.98. The number of carbonyl (C=O) groups excluding carboxylic acids is 2. The molecule has 2 aromatic rings. The van der Waals surface area contributed by atoms with E-state index < -0.39 is 28.7 Å². The zero-order chi connectivity index (χ0) is 22.3. The van der Waals surface area contributed by atoms with E-state index in [1.165, 1.54) is 57.6 Å². The molecule has 0 aromatic heterocycles. The van der Waals surface area contributed by atoms with E-state index in [-0.39, 0.29) is 22.9 Å². The molecule has 158 valence electrons. The van der Waals surface area contributed by atoms with Crippen LogP contribution in [0, 0.1) is 15.9 Å². The van der Waals surface area contributed by atoms with Crippen molar-refractivity contribution in [3.8, 4) is 11.5 Å². The minimum atomic E-state index is -1.24. The monoisotopic (exact) mass is 418 g/mol. The fourth-order valence-electron chi connectivity index (χ4n) is 2.35. The number of hydrogen-bond acceptors (Lipinski definition) is 7.